The summed E-state index contributed by atoms with van der Waals surface area (Å²) >= 11 is 3.31. The van der Waals surface area contributed by atoms with Crippen molar-refractivity contribution >= 4 is 32.7 Å². The zero-order valence-electron chi connectivity index (χ0n) is 9.10. The van der Waals surface area contributed by atoms with Gasteiger partial charge in [-0.05, 0) is 31.2 Å². The van der Waals surface area contributed by atoms with Gasteiger partial charge >= 0.3 is 5.97 Å². The van der Waals surface area contributed by atoms with Crippen LogP contribution in [0.1, 0.15) is 13.3 Å². The van der Waals surface area contributed by atoms with Crippen LogP contribution in [0.25, 0.3) is 0 Å². The summed E-state index contributed by atoms with van der Waals surface area (Å²) < 4.78 is 17.5. The van der Waals surface area contributed by atoms with Crippen LogP contribution in [0.15, 0.2) is 33.6 Å². The van der Waals surface area contributed by atoms with Crippen LogP contribution in [-0.4, -0.2) is 22.5 Å². The molecule has 0 fully saturated rings. The number of esters is 1. The highest BCUT2D eigenvalue weighted by molar-refractivity contribution is 9.10. The first-order valence-corrected chi connectivity index (χ1v) is 6.78. The van der Waals surface area contributed by atoms with Gasteiger partial charge in [0, 0.05) is 14.6 Å². The molecular weight excluding hydrogens is 292 g/mol. The summed E-state index contributed by atoms with van der Waals surface area (Å²) in [5, 5.41) is -0.242. The van der Waals surface area contributed by atoms with E-state index in [4.69, 9.17) is 0 Å². The average molecular weight is 305 g/mol. The second-order valence-corrected chi connectivity index (χ2v) is 6.13. The number of carbonyl (C=O) groups excluding carboxylic acids is 1. The second-order valence-electron chi connectivity index (χ2n) is 3.34. The van der Waals surface area contributed by atoms with Crippen molar-refractivity contribution in [2.24, 2.45) is 0 Å². The van der Waals surface area contributed by atoms with Crippen LogP contribution in [0.3, 0.4) is 0 Å². The normalized spacial score (nSPS) is 14.2. The minimum Gasteiger partial charge on any atom is -0.469 e. The summed E-state index contributed by atoms with van der Waals surface area (Å²) in [6.45, 7) is 1.77. The van der Waals surface area contributed by atoms with Gasteiger partial charge in [-0.3, -0.25) is 9.00 Å². The Morgan fingerprint density at radius 2 is 2.00 bits per heavy atom. The lowest BCUT2D eigenvalue weighted by atomic mass is 10.3. The summed E-state index contributed by atoms with van der Waals surface area (Å²) in [5.41, 5.74) is 0. The molecule has 0 aliphatic heterocycles. The molecule has 0 saturated carbocycles. The highest BCUT2D eigenvalue weighted by Crippen LogP contribution is 2.17. The standard InChI is InChI=1S/C11H13BrO3S/c1-8(7-11(13)15-2)16(14)10-5-3-9(12)4-6-10/h3-6,8H,7H2,1-2H3. The maximum absolute atomic E-state index is 12.0. The molecule has 2 atom stereocenters. The number of hydrogen-bond donors (Lipinski definition) is 0. The Morgan fingerprint density at radius 3 is 2.50 bits per heavy atom. The molecular formula is C11H13BrO3S. The highest BCUT2D eigenvalue weighted by Gasteiger charge is 2.17. The molecule has 0 spiro atoms. The van der Waals surface area contributed by atoms with E-state index in [0.29, 0.717) is 0 Å². The van der Waals surface area contributed by atoms with Crippen LogP contribution in [0.4, 0.5) is 0 Å². The minimum atomic E-state index is -1.18. The molecule has 0 radical (unpaired) electrons. The van der Waals surface area contributed by atoms with Crippen LogP contribution in [-0.2, 0) is 20.3 Å². The molecule has 0 bridgehead atoms. The van der Waals surface area contributed by atoms with Crippen LogP contribution in [0.2, 0.25) is 0 Å². The molecule has 0 amide bonds. The third kappa shape index (κ3) is 3.72. The van der Waals surface area contributed by atoms with E-state index in [0.717, 1.165) is 9.37 Å². The summed E-state index contributed by atoms with van der Waals surface area (Å²) in [5.74, 6) is -0.335. The monoisotopic (exact) mass is 304 g/mol. The fourth-order valence-corrected chi connectivity index (χ4v) is 2.62. The van der Waals surface area contributed by atoms with Crippen molar-refractivity contribution < 1.29 is 13.7 Å². The lowest BCUT2D eigenvalue weighted by molar-refractivity contribution is -0.140. The Morgan fingerprint density at radius 1 is 1.44 bits per heavy atom. The summed E-state index contributed by atoms with van der Waals surface area (Å²) in [7, 11) is 0.151. The Labute approximate surface area is 106 Å². The lowest BCUT2D eigenvalue weighted by Gasteiger charge is -2.09. The van der Waals surface area contributed by atoms with Gasteiger partial charge in [0.2, 0.25) is 0 Å². The van der Waals surface area contributed by atoms with E-state index >= 15 is 0 Å². The van der Waals surface area contributed by atoms with Gasteiger partial charge in [-0.25, -0.2) is 0 Å². The van der Waals surface area contributed by atoms with Crippen molar-refractivity contribution in [2.75, 3.05) is 7.11 Å². The second kappa shape index (κ2) is 6.15. The van der Waals surface area contributed by atoms with Crippen LogP contribution in [0, 0.1) is 0 Å². The summed E-state index contributed by atoms with van der Waals surface area (Å²) in [6, 6.07) is 7.23. The van der Waals surface area contributed by atoms with Gasteiger partial charge in [-0.15, -0.1) is 0 Å². The highest BCUT2D eigenvalue weighted by atomic mass is 79.9. The molecule has 16 heavy (non-hydrogen) atoms. The number of carbonyl (C=O) groups is 1. The Hall–Kier alpha value is -0.680. The van der Waals surface area contributed by atoms with E-state index < -0.39 is 10.8 Å². The van der Waals surface area contributed by atoms with Crippen LogP contribution < -0.4 is 0 Å². The van der Waals surface area contributed by atoms with Gasteiger partial charge in [-0.1, -0.05) is 15.9 Å². The van der Waals surface area contributed by atoms with E-state index in [9.17, 15) is 9.00 Å². The quantitative estimate of drug-likeness (QED) is 0.803. The zero-order valence-corrected chi connectivity index (χ0v) is 11.5. The van der Waals surface area contributed by atoms with Crippen molar-refractivity contribution in [3.63, 3.8) is 0 Å². The van der Waals surface area contributed by atoms with Crippen molar-refractivity contribution in [3.05, 3.63) is 28.7 Å². The fourth-order valence-electron chi connectivity index (χ4n) is 1.19. The van der Waals surface area contributed by atoms with Crippen LogP contribution in [0.5, 0.6) is 0 Å². The van der Waals surface area contributed by atoms with Crippen LogP contribution >= 0.6 is 15.9 Å². The van der Waals surface area contributed by atoms with Crippen molar-refractivity contribution in [2.45, 2.75) is 23.5 Å². The molecule has 0 saturated heterocycles. The fraction of sp³-hybridized carbons (Fsp3) is 0.364. The summed E-state index contributed by atoms with van der Waals surface area (Å²) in [6.07, 6.45) is 0.166. The largest absolute Gasteiger partial charge is 0.469 e. The SMILES string of the molecule is COC(=O)CC(C)S(=O)c1ccc(Br)cc1. The van der Waals surface area contributed by atoms with E-state index in [1.165, 1.54) is 7.11 Å². The Balaban J connectivity index is 2.70. The molecule has 88 valence electrons. The van der Waals surface area contributed by atoms with Gasteiger partial charge < -0.3 is 4.74 Å². The van der Waals surface area contributed by atoms with Gasteiger partial charge in [0.05, 0.1) is 24.3 Å². The molecule has 0 aromatic heterocycles. The molecule has 1 rings (SSSR count). The summed E-state index contributed by atoms with van der Waals surface area (Å²) in [4.78, 5) is 11.8. The molecule has 0 N–H and O–H groups in total. The third-order valence-corrected chi connectivity index (χ3v) is 4.26. The van der Waals surface area contributed by atoms with Crippen molar-refractivity contribution in [1.29, 1.82) is 0 Å². The molecule has 0 aliphatic carbocycles. The van der Waals surface area contributed by atoms with Gasteiger partial charge in [-0.2, -0.15) is 0 Å². The van der Waals surface area contributed by atoms with E-state index in [-0.39, 0.29) is 17.6 Å². The number of hydrogen-bond acceptors (Lipinski definition) is 3. The zero-order chi connectivity index (χ0) is 12.1. The maximum Gasteiger partial charge on any atom is 0.306 e. The topological polar surface area (TPSA) is 43.4 Å². The molecule has 2 unspecified atom stereocenters. The van der Waals surface area contributed by atoms with Crippen molar-refractivity contribution in [1.82, 2.24) is 0 Å². The molecule has 3 nitrogen and oxygen atoms in total. The lowest BCUT2D eigenvalue weighted by Crippen LogP contribution is -2.17. The number of ether oxygens (including phenoxy) is 1. The predicted octanol–water partition coefficient (Wildman–Crippen LogP) is 2.51. The third-order valence-electron chi connectivity index (χ3n) is 2.09. The molecule has 0 heterocycles. The number of methoxy groups -OCH3 is 1. The number of rotatable bonds is 4. The molecule has 5 heteroatoms. The number of halogens is 1. The van der Waals surface area contributed by atoms with Gasteiger partial charge in [0.25, 0.3) is 0 Å². The first-order valence-electron chi connectivity index (χ1n) is 4.77. The van der Waals surface area contributed by atoms with Gasteiger partial charge in [0.15, 0.2) is 0 Å². The van der Waals surface area contributed by atoms with E-state index in [1.807, 2.05) is 12.1 Å². The average Bonchev–Trinajstić information content (AvgIpc) is 2.28. The minimum absolute atomic E-state index is 0.166. The molecule has 1 aromatic rings. The Bertz CT molecular complexity index is 389. The molecule has 0 aliphatic rings. The molecule has 1 aromatic carbocycles. The van der Waals surface area contributed by atoms with Crippen molar-refractivity contribution in [3.8, 4) is 0 Å². The van der Waals surface area contributed by atoms with E-state index in [1.54, 1.807) is 19.1 Å². The predicted molar refractivity (Wildman–Crippen MR) is 66.6 cm³/mol. The maximum atomic E-state index is 12.0. The number of benzene rings is 1. The first-order chi connectivity index (χ1) is 7.54. The van der Waals surface area contributed by atoms with E-state index in [2.05, 4.69) is 20.7 Å². The first kappa shape index (κ1) is 13.4. The smallest absolute Gasteiger partial charge is 0.306 e. The van der Waals surface area contributed by atoms with Gasteiger partial charge in [0.1, 0.15) is 0 Å². The Kier molecular flexibility index (Phi) is 5.15.